The van der Waals surface area contributed by atoms with E-state index in [0.717, 1.165) is 16.8 Å². The van der Waals surface area contributed by atoms with Crippen LogP contribution in [-0.4, -0.2) is 35.5 Å². The van der Waals surface area contributed by atoms with Crippen LogP contribution in [0.3, 0.4) is 0 Å². The van der Waals surface area contributed by atoms with Gasteiger partial charge in [-0.2, -0.15) is 27.6 Å². The van der Waals surface area contributed by atoms with E-state index in [1.807, 2.05) is 0 Å². The summed E-state index contributed by atoms with van der Waals surface area (Å²) in [6, 6.07) is 3.72. The van der Waals surface area contributed by atoms with Crippen molar-refractivity contribution in [2.45, 2.75) is 19.6 Å². The van der Waals surface area contributed by atoms with Crippen LogP contribution in [0.4, 0.5) is 13.2 Å². The minimum Gasteiger partial charge on any atom is -0.404 e. The molecule has 0 bridgehead atoms. The van der Waals surface area contributed by atoms with Gasteiger partial charge in [0, 0.05) is 19.7 Å². The number of hydrogen-bond donors (Lipinski definition) is 0. The molecule has 3 rings (SSSR count). The van der Waals surface area contributed by atoms with Crippen LogP contribution in [0.15, 0.2) is 35.3 Å². The van der Waals surface area contributed by atoms with Gasteiger partial charge in [-0.25, -0.2) is 14.3 Å². The molecule has 0 aliphatic heterocycles. The monoisotopic (exact) mass is 382 g/mol. The largest absolute Gasteiger partial charge is 0.416 e. The Morgan fingerprint density at radius 1 is 1.22 bits per heavy atom. The van der Waals surface area contributed by atoms with Gasteiger partial charge in [0.15, 0.2) is 0 Å². The van der Waals surface area contributed by atoms with Crippen molar-refractivity contribution in [1.82, 2.24) is 29.6 Å². The molecule has 2 heterocycles. The van der Waals surface area contributed by atoms with Gasteiger partial charge >= 0.3 is 17.8 Å². The molecule has 0 N–H and O–H groups in total. The third-order valence-electron chi connectivity index (χ3n) is 3.67. The molecule has 12 heteroatoms. The van der Waals surface area contributed by atoms with Crippen LogP contribution >= 0.6 is 0 Å². The minimum absolute atomic E-state index is 0.111. The Kier molecular flexibility index (Phi) is 4.56. The fourth-order valence-electron chi connectivity index (χ4n) is 2.32. The highest BCUT2D eigenvalue weighted by molar-refractivity contribution is 5.94. The lowest BCUT2D eigenvalue weighted by molar-refractivity contribution is -0.137. The van der Waals surface area contributed by atoms with Crippen molar-refractivity contribution in [3.63, 3.8) is 0 Å². The maximum Gasteiger partial charge on any atom is 0.416 e. The summed E-state index contributed by atoms with van der Waals surface area (Å²) < 4.78 is 47.2. The fourth-order valence-corrected chi connectivity index (χ4v) is 2.32. The lowest BCUT2D eigenvalue weighted by atomic mass is 10.1. The SMILES string of the molecule is CCn1nccc1OC(=O)c1ccc(C(F)(F)F)cc1-n1nnn(C)c1=O. The predicted octanol–water partition coefficient (Wildman–Crippen LogP) is 1.42. The van der Waals surface area contributed by atoms with E-state index in [9.17, 15) is 22.8 Å². The third kappa shape index (κ3) is 3.45. The lowest BCUT2D eigenvalue weighted by Gasteiger charge is -2.12. The normalized spacial score (nSPS) is 11.6. The second kappa shape index (κ2) is 6.70. The van der Waals surface area contributed by atoms with Crippen molar-refractivity contribution in [2.75, 3.05) is 0 Å². The molecule has 0 unspecified atom stereocenters. The molecule has 2 aromatic heterocycles. The number of esters is 1. The smallest absolute Gasteiger partial charge is 0.404 e. The van der Waals surface area contributed by atoms with Crippen LogP contribution in [0.2, 0.25) is 0 Å². The standard InChI is InChI=1S/C15H13F3N6O3/c1-3-23-12(6-7-19-23)27-13(25)10-5-4-9(15(16,17)18)8-11(10)24-14(26)22(2)20-21-24/h4-8H,3H2,1-2H3. The van der Waals surface area contributed by atoms with Crippen molar-refractivity contribution in [1.29, 1.82) is 0 Å². The molecular formula is C15H13F3N6O3. The Labute approximate surface area is 149 Å². The van der Waals surface area contributed by atoms with Crippen molar-refractivity contribution in [2.24, 2.45) is 7.05 Å². The van der Waals surface area contributed by atoms with Gasteiger partial charge in [0.05, 0.1) is 23.0 Å². The van der Waals surface area contributed by atoms with Crippen molar-refractivity contribution in [3.05, 3.63) is 52.1 Å². The topological polar surface area (TPSA) is 96.8 Å². The Balaban J connectivity index is 2.10. The van der Waals surface area contributed by atoms with Crippen molar-refractivity contribution in [3.8, 4) is 11.6 Å². The summed E-state index contributed by atoms with van der Waals surface area (Å²) >= 11 is 0. The maximum atomic E-state index is 13.1. The number of rotatable bonds is 4. The van der Waals surface area contributed by atoms with Crippen LogP contribution < -0.4 is 10.4 Å². The molecule has 0 amide bonds. The number of aromatic nitrogens is 6. The van der Waals surface area contributed by atoms with E-state index in [1.165, 1.54) is 24.0 Å². The van der Waals surface area contributed by atoms with Crippen molar-refractivity contribution >= 4 is 5.97 Å². The molecule has 1 aromatic carbocycles. The van der Waals surface area contributed by atoms with E-state index >= 15 is 0 Å². The summed E-state index contributed by atoms with van der Waals surface area (Å²) in [5, 5.41) is 10.9. The number of alkyl halides is 3. The van der Waals surface area contributed by atoms with Crippen LogP contribution in [0.5, 0.6) is 5.88 Å². The number of benzene rings is 1. The maximum absolute atomic E-state index is 13.1. The summed E-state index contributed by atoms with van der Waals surface area (Å²) in [7, 11) is 1.28. The molecule has 0 aliphatic carbocycles. The zero-order valence-electron chi connectivity index (χ0n) is 14.1. The van der Waals surface area contributed by atoms with Gasteiger partial charge in [-0.1, -0.05) is 0 Å². The summed E-state index contributed by atoms with van der Waals surface area (Å²) in [6.45, 7) is 2.19. The van der Waals surface area contributed by atoms with E-state index in [2.05, 4.69) is 15.5 Å². The Morgan fingerprint density at radius 3 is 2.56 bits per heavy atom. The Bertz CT molecular complexity index is 1050. The van der Waals surface area contributed by atoms with E-state index < -0.39 is 29.1 Å². The molecule has 0 saturated carbocycles. The van der Waals surface area contributed by atoms with Crippen LogP contribution in [-0.2, 0) is 19.8 Å². The van der Waals surface area contributed by atoms with Gasteiger partial charge in [-0.05, 0) is 35.5 Å². The first-order chi connectivity index (χ1) is 12.7. The highest BCUT2D eigenvalue weighted by atomic mass is 19.4. The zero-order chi connectivity index (χ0) is 19.8. The van der Waals surface area contributed by atoms with E-state index in [0.29, 0.717) is 17.3 Å². The predicted molar refractivity (Wildman–Crippen MR) is 84.5 cm³/mol. The molecule has 0 fully saturated rings. The molecule has 27 heavy (non-hydrogen) atoms. The Hall–Kier alpha value is -3.44. The van der Waals surface area contributed by atoms with Gasteiger partial charge in [0.25, 0.3) is 0 Å². The molecule has 0 radical (unpaired) electrons. The number of carbonyl (C=O) groups excluding carboxylic acids is 1. The first kappa shape index (κ1) is 18.4. The Morgan fingerprint density at radius 2 is 1.96 bits per heavy atom. The summed E-state index contributed by atoms with van der Waals surface area (Å²) in [5.41, 5.74) is -2.54. The summed E-state index contributed by atoms with van der Waals surface area (Å²) in [6.07, 6.45) is -3.27. The van der Waals surface area contributed by atoms with E-state index in [1.54, 1.807) is 6.92 Å². The van der Waals surface area contributed by atoms with Gasteiger partial charge < -0.3 is 4.74 Å². The second-order valence-corrected chi connectivity index (χ2v) is 5.40. The highest BCUT2D eigenvalue weighted by Gasteiger charge is 2.32. The van der Waals surface area contributed by atoms with E-state index in [4.69, 9.17) is 4.74 Å². The van der Waals surface area contributed by atoms with Crippen LogP contribution in [0, 0.1) is 0 Å². The second-order valence-electron chi connectivity index (χ2n) is 5.40. The molecular weight excluding hydrogens is 369 g/mol. The average molecular weight is 382 g/mol. The number of halogens is 3. The summed E-state index contributed by atoms with van der Waals surface area (Å²) in [4.78, 5) is 24.6. The highest BCUT2D eigenvalue weighted by Crippen LogP contribution is 2.31. The molecule has 142 valence electrons. The van der Waals surface area contributed by atoms with Crippen LogP contribution in [0.25, 0.3) is 5.69 Å². The number of hydrogen-bond acceptors (Lipinski definition) is 6. The first-order valence-corrected chi connectivity index (χ1v) is 7.67. The van der Waals surface area contributed by atoms with Gasteiger partial charge in [0.2, 0.25) is 5.88 Å². The van der Waals surface area contributed by atoms with Crippen molar-refractivity contribution < 1.29 is 22.7 Å². The third-order valence-corrected chi connectivity index (χ3v) is 3.67. The van der Waals surface area contributed by atoms with Crippen LogP contribution in [0.1, 0.15) is 22.8 Å². The zero-order valence-corrected chi connectivity index (χ0v) is 14.1. The number of tetrazole rings is 1. The number of nitrogens with zero attached hydrogens (tertiary/aromatic N) is 6. The molecule has 3 aromatic rings. The quantitative estimate of drug-likeness (QED) is 0.633. The lowest BCUT2D eigenvalue weighted by Crippen LogP contribution is -2.25. The average Bonchev–Trinajstić information content (AvgIpc) is 3.20. The first-order valence-electron chi connectivity index (χ1n) is 7.67. The van der Waals surface area contributed by atoms with Gasteiger partial charge in [0.1, 0.15) is 0 Å². The number of ether oxygens (including phenoxy) is 1. The number of carbonyl (C=O) groups is 1. The molecule has 0 saturated heterocycles. The van der Waals surface area contributed by atoms with Gasteiger partial charge in [-0.15, -0.1) is 0 Å². The fraction of sp³-hybridized carbons (Fsp3) is 0.267. The molecule has 0 aliphatic rings. The molecule has 0 spiro atoms. The van der Waals surface area contributed by atoms with Gasteiger partial charge in [-0.3, -0.25) is 0 Å². The molecule has 9 nitrogen and oxygen atoms in total. The summed E-state index contributed by atoms with van der Waals surface area (Å²) in [5.74, 6) is -0.855. The number of aryl methyl sites for hydroxylation is 2. The van der Waals surface area contributed by atoms with E-state index in [-0.39, 0.29) is 11.4 Å². The molecule has 0 atom stereocenters. The minimum atomic E-state index is -4.68.